The fourth-order valence-electron chi connectivity index (χ4n) is 0.768. The molecule has 0 spiro atoms. The van der Waals surface area contributed by atoms with Gasteiger partial charge >= 0.3 is 0 Å². The number of carbonyl (C=O) groups excluding carboxylic acids is 1. The molecule has 2 nitrogen and oxygen atoms in total. The molecule has 0 bridgehead atoms. The number of rotatable bonds is 4. The number of aliphatic hydroxyl groups is 1. The SMILES string of the molecule is C=C(C)C(=O)C(C)(Br)CCO. The fraction of sp³-hybridized carbons (Fsp3) is 0.625. The van der Waals surface area contributed by atoms with Crippen molar-refractivity contribution in [2.75, 3.05) is 6.61 Å². The highest BCUT2D eigenvalue weighted by Crippen LogP contribution is 2.25. The Morgan fingerprint density at radius 2 is 2.18 bits per heavy atom. The molecule has 3 heteroatoms. The Bertz CT molecular complexity index is 173. The van der Waals surface area contributed by atoms with Gasteiger partial charge in [-0.2, -0.15) is 0 Å². The standard InChI is InChI=1S/C8H13BrO2/c1-6(2)7(11)8(3,9)4-5-10/h10H,1,4-5H2,2-3H3. The molecule has 0 radical (unpaired) electrons. The monoisotopic (exact) mass is 220 g/mol. The first-order chi connectivity index (χ1) is 4.91. The molecular weight excluding hydrogens is 208 g/mol. The predicted octanol–water partition coefficient (Wildman–Crippen LogP) is 1.67. The van der Waals surface area contributed by atoms with E-state index in [2.05, 4.69) is 22.5 Å². The number of hydrogen-bond acceptors (Lipinski definition) is 2. The van der Waals surface area contributed by atoms with Crippen LogP contribution in [0.4, 0.5) is 0 Å². The van der Waals surface area contributed by atoms with Gasteiger partial charge in [0.1, 0.15) is 0 Å². The third-order valence-electron chi connectivity index (χ3n) is 1.44. The van der Waals surface area contributed by atoms with Crippen LogP contribution in [0, 0.1) is 0 Å². The number of alkyl halides is 1. The third-order valence-corrected chi connectivity index (χ3v) is 2.20. The molecule has 0 fully saturated rings. The van der Waals surface area contributed by atoms with Crippen molar-refractivity contribution in [2.45, 2.75) is 24.6 Å². The van der Waals surface area contributed by atoms with Gasteiger partial charge in [-0.1, -0.05) is 22.5 Å². The molecule has 0 rings (SSSR count). The van der Waals surface area contributed by atoms with Crippen molar-refractivity contribution >= 4 is 21.7 Å². The maximum Gasteiger partial charge on any atom is 0.174 e. The predicted molar refractivity (Wildman–Crippen MR) is 48.9 cm³/mol. The number of aliphatic hydroxyl groups excluding tert-OH is 1. The van der Waals surface area contributed by atoms with Crippen LogP contribution in [0.1, 0.15) is 20.3 Å². The molecule has 1 N–H and O–H groups in total. The van der Waals surface area contributed by atoms with E-state index in [1.54, 1.807) is 13.8 Å². The van der Waals surface area contributed by atoms with Gasteiger partial charge in [0, 0.05) is 6.61 Å². The molecule has 0 aliphatic rings. The van der Waals surface area contributed by atoms with E-state index in [9.17, 15) is 4.79 Å². The van der Waals surface area contributed by atoms with Crippen LogP contribution in [0.5, 0.6) is 0 Å². The van der Waals surface area contributed by atoms with Crippen molar-refractivity contribution in [3.05, 3.63) is 12.2 Å². The van der Waals surface area contributed by atoms with Crippen molar-refractivity contribution in [3.8, 4) is 0 Å². The van der Waals surface area contributed by atoms with Gasteiger partial charge in [-0.25, -0.2) is 0 Å². The van der Waals surface area contributed by atoms with Crippen molar-refractivity contribution in [2.24, 2.45) is 0 Å². The minimum absolute atomic E-state index is 0.000764. The van der Waals surface area contributed by atoms with Crippen molar-refractivity contribution in [3.63, 3.8) is 0 Å². The molecule has 0 aromatic rings. The highest BCUT2D eigenvalue weighted by Gasteiger charge is 2.28. The Balaban J connectivity index is 4.29. The molecule has 11 heavy (non-hydrogen) atoms. The van der Waals surface area contributed by atoms with Crippen LogP contribution in [0.2, 0.25) is 0 Å². The van der Waals surface area contributed by atoms with Crippen LogP contribution in [0.25, 0.3) is 0 Å². The first kappa shape index (κ1) is 10.8. The summed E-state index contributed by atoms with van der Waals surface area (Å²) in [5.41, 5.74) is 0.512. The van der Waals surface area contributed by atoms with Gasteiger partial charge in [0.2, 0.25) is 0 Å². The van der Waals surface area contributed by atoms with E-state index in [4.69, 9.17) is 5.11 Å². The largest absolute Gasteiger partial charge is 0.396 e. The summed E-state index contributed by atoms with van der Waals surface area (Å²) in [5.74, 6) is -0.0495. The van der Waals surface area contributed by atoms with Gasteiger partial charge in [0.15, 0.2) is 5.78 Å². The highest BCUT2D eigenvalue weighted by atomic mass is 79.9. The second-order valence-corrected chi connectivity index (χ2v) is 4.53. The highest BCUT2D eigenvalue weighted by molar-refractivity contribution is 9.10. The van der Waals surface area contributed by atoms with E-state index in [1.165, 1.54) is 0 Å². The Labute approximate surface area is 75.4 Å². The van der Waals surface area contributed by atoms with Crippen LogP contribution < -0.4 is 0 Å². The van der Waals surface area contributed by atoms with Crippen LogP contribution in [-0.4, -0.2) is 21.8 Å². The fourth-order valence-corrected chi connectivity index (χ4v) is 1.28. The van der Waals surface area contributed by atoms with E-state index in [-0.39, 0.29) is 12.4 Å². The second-order valence-electron chi connectivity index (χ2n) is 2.78. The topological polar surface area (TPSA) is 37.3 Å². The number of Topliss-reactive ketones (excluding diaryl/α,β-unsaturated/α-hetero) is 1. The minimum Gasteiger partial charge on any atom is -0.396 e. The molecule has 64 valence electrons. The molecule has 1 unspecified atom stereocenters. The lowest BCUT2D eigenvalue weighted by atomic mass is 9.98. The summed E-state index contributed by atoms with van der Waals surface area (Å²) in [7, 11) is 0. The summed E-state index contributed by atoms with van der Waals surface area (Å²) in [6.45, 7) is 6.95. The van der Waals surface area contributed by atoms with E-state index in [1.807, 2.05) is 0 Å². The number of ketones is 1. The van der Waals surface area contributed by atoms with Crippen molar-refractivity contribution in [1.29, 1.82) is 0 Å². The quantitative estimate of drug-likeness (QED) is 0.579. The van der Waals surface area contributed by atoms with Gasteiger partial charge in [0.25, 0.3) is 0 Å². The maximum absolute atomic E-state index is 11.3. The second kappa shape index (κ2) is 4.02. The number of hydrogen-bond donors (Lipinski definition) is 1. The maximum atomic E-state index is 11.3. The molecular formula is C8H13BrO2. The van der Waals surface area contributed by atoms with E-state index in [0.717, 1.165) is 0 Å². The molecule has 0 aliphatic heterocycles. The Kier molecular flexibility index (Phi) is 3.97. The first-order valence-electron chi connectivity index (χ1n) is 3.42. The van der Waals surface area contributed by atoms with Crippen molar-refractivity contribution in [1.82, 2.24) is 0 Å². The summed E-state index contributed by atoms with van der Waals surface area (Å²) in [5, 5.41) is 8.62. The van der Waals surface area contributed by atoms with Gasteiger partial charge in [-0.3, -0.25) is 4.79 Å². The average Bonchev–Trinajstić information content (AvgIpc) is 1.86. The van der Waals surface area contributed by atoms with Crippen LogP contribution in [0.3, 0.4) is 0 Å². The Morgan fingerprint density at radius 3 is 2.45 bits per heavy atom. The van der Waals surface area contributed by atoms with E-state index < -0.39 is 4.32 Å². The summed E-state index contributed by atoms with van der Waals surface area (Å²) in [6, 6.07) is 0. The number of carbonyl (C=O) groups is 1. The van der Waals surface area contributed by atoms with Crippen LogP contribution in [-0.2, 0) is 4.79 Å². The Morgan fingerprint density at radius 1 is 1.73 bits per heavy atom. The molecule has 0 aromatic carbocycles. The summed E-state index contributed by atoms with van der Waals surface area (Å²) in [6.07, 6.45) is 0.415. The van der Waals surface area contributed by atoms with Crippen molar-refractivity contribution < 1.29 is 9.90 Å². The smallest absolute Gasteiger partial charge is 0.174 e. The van der Waals surface area contributed by atoms with Gasteiger partial charge in [-0.05, 0) is 25.8 Å². The van der Waals surface area contributed by atoms with E-state index >= 15 is 0 Å². The normalized spacial score (nSPS) is 15.6. The zero-order chi connectivity index (χ0) is 9.07. The van der Waals surface area contributed by atoms with Crippen LogP contribution >= 0.6 is 15.9 Å². The van der Waals surface area contributed by atoms with Gasteiger partial charge in [0.05, 0.1) is 4.32 Å². The average molecular weight is 221 g/mol. The molecule has 1 atom stereocenters. The number of halogens is 1. The Hall–Kier alpha value is -0.150. The molecule has 0 heterocycles. The first-order valence-corrected chi connectivity index (χ1v) is 4.21. The lowest BCUT2D eigenvalue weighted by Gasteiger charge is -2.19. The van der Waals surface area contributed by atoms with Crippen LogP contribution in [0.15, 0.2) is 12.2 Å². The lowest BCUT2D eigenvalue weighted by molar-refractivity contribution is -0.117. The molecule has 0 aromatic heterocycles. The molecule has 0 aliphatic carbocycles. The van der Waals surface area contributed by atoms with Gasteiger partial charge < -0.3 is 5.11 Å². The molecule has 0 saturated carbocycles. The van der Waals surface area contributed by atoms with E-state index in [0.29, 0.717) is 12.0 Å². The minimum atomic E-state index is -0.645. The van der Waals surface area contributed by atoms with Gasteiger partial charge in [-0.15, -0.1) is 0 Å². The third kappa shape index (κ3) is 3.16. The molecule has 0 saturated heterocycles. The summed E-state index contributed by atoms with van der Waals surface area (Å²) < 4.78 is -0.645. The lowest BCUT2D eigenvalue weighted by Crippen LogP contribution is -2.29. The summed E-state index contributed by atoms with van der Waals surface area (Å²) >= 11 is 3.24. The number of allylic oxidation sites excluding steroid dienone is 1. The molecule has 0 amide bonds. The zero-order valence-electron chi connectivity index (χ0n) is 6.85. The zero-order valence-corrected chi connectivity index (χ0v) is 8.44. The summed E-state index contributed by atoms with van der Waals surface area (Å²) in [4.78, 5) is 11.3.